The number of aliphatic hydroxyl groups is 3. The van der Waals surface area contributed by atoms with Crippen molar-refractivity contribution in [2.75, 3.05) is 19.8 Å². The lowest BCUT2D eigenvalue weighted by Gasteiger charge is -2.05. The van der Waals surface area contributed by atoms with Crippen molar-refractivity contribution in [3.05, 3.63) is 24.8 Å². The topological polar surface area (TPSA) is 124 Å². The van der Waals surface area contributed by atoms with Crippen LogP contribution in [-0.2, 0) is 14.3 Å². The second-order valence-electron chi connectivity index (χ2n) is 3.76. The maximum atomic E-state index is 10.3. The number of rotatable bonds is 9. The van der Waals surface area contributed by atoms with Crippen LogP contribution < -0.4 is 0 Å². The minimum atomic E-state index is -0.996. The summed E-state index contributed by atoms with van der Waals surface area (Å²) >= 11 is 0. The van der Waals surface area contributed by atoms with Gasteiger partial charge in [-0.05, 0) is 19.3 Å². The molecule has 0 bridgehead atoms. The van der Waals surface area contributed by atoms with Gasteiger partial charge in [-0.2, -0.15) is 0 Å². The molecule has 0 amide bonds. The second-order valence-corrected chi connectivity index (χ2v) is 3.76. The largest absolute Gasteiger partial charge is 0.478 e. The molecule has 116 valence electrons. The lowest BCUT2D eigenvalue weighted by Crippen LogP contribution is -2.21. The highest BCUT2D eigenvalue weighted by Gasteiger charge is 2.03. The number of aliphatic carboxylic acids is 1. The molecular formula is C13H22O7. The summed E-state index contributed by atoms with van der Waals surface area (Å²) in [6.45, 7) is 6.00. The van der Waals surface area contributed by atoms with Gasteiger partial charge < -0.3 is 25.2 Å². The highest BCUT2D eigenvalue weighted by molar-refractivity contribution is 5.85. The molecule has 7 heteroatoms. The number of esters is 1. The molecular weight excluding hydrogens is 268 g/mol. The summed E-state index contributed by atoms with van der Waals surface area (Å²) in [7, 11) is 0. The van der Waals surface area contributed by atoms with Crippen molar-refractivity contribution >= 4 is 11.9 Å². The van der Waals surface area contributed by atoms with Crippen LogP contribution in [0.3, 0.4) is 0 Å². The molecule has 0 rings (SSSR count). The minimum Gasteiger partial charge on any atom is -0.478 e. The summed E-state index contributed by atoms with van der Waals surface area (Å²) in [5.41, 5.74) is 0.216. The normalized spacial score (nSPS) is 10.8. The molecule has 0 spiro atoms. The van der Waals surface area contributed by atoms with E-state index >= 15 is 0 Å². The fraction of sp³-hybridized carbons (Fsp3) is 0.538. The quantitative estimate of drug-likeness (QED) is 0.264. The predicted octanol–water partition coefficient (Wildman–Crippen LogP) is -0.141. The number of carboxylic acid groups (broad SMARTS) is 1. The van der Waals surface area contributed by atoms with Crippen molar-refractivity contribution in [1.29, 1.82) is 0 Å². The van der Waals surface area contributed by atoms with E-state index in [2.05, 4.69) is 17.9 Å². The average Bonchev–Trinajstić information content (AvgIpc) is 2.44. The van der Waals surface area contributed by atoms with Gasteiger partial charge in [0, 0.05) is 18.3 Å². The first-order chi connectivity index (χ1) is 9.38. The molecule has 0 aliphatic carbocycles. The lowest BCUT2D eigenvalue weighted by atomic mass is 10.1. The van der Waals surface area contributed by atoms with Crippen molar-refractivity contribution in [3.8, 4) is 0 Å². The Balaban J connectivity index is 0. The average molecular weight is 290 g/mol. The molecule has 1 atom stereocenters. The van der Waals surface area contributed by atoms with E-state index in [1.54, 1.807) is 0 Å². The molecule has 0 fully saturated rings. The summed E-state index contributed by atoms with van der Waals surface area (Å²) in [6, 6.07) is 0. The van der Waals surface area contributed by atoms with Gasteiger partial charge in [0.25, 0.3) is 0 Å². The molecule has 7 nitrogen and oxygen atoms in total. The summed E-state index contributed by atoms with van der Waals surface area (Å²) in [5, 5.41) is 33.6. The fourth-order valence-electron chi connectivity index (χ4n) is 0.847. The van der Waals surface area contributed by atoms with Gasteiger partial charge in [-0.15, -0.1) is 0 Å². The number of hydrogen-bond donors (Lipinski definition) is 4. The van der Waals surface area contributed by atoms with E-state index in [1.807, 2.05) is 0 Å². The number of carboxylic acids is 1. The molecule has 1 unspecified atom stereocenters. The maximum Gasteiger partial charge on any atom is 0.330 e. The molecule has 4 N–H and O–H groups in total. The van der Waals surface area contributed by atoms with Crippen LogP contribution in [-0.4, -0.2) is 58.3 Å². The molecule has 0 saturated carbocycles. The monoisotopic (exact) mass is 290 g/mol. The van der Waals surface area contributed by atoms with E-state index in [9.17, 15) is 9.59 Å². The molecule has 0 aromatic carbocycles. The van der Waals surface area contributed by atoms with Gasteiger partial charge in [0.15, 0.2) is 0 Å². The smallest absolute Gasteiger partial charge is 0.330 e. The molecule has 0 aliphatic heterocycles. The van der Waals surface area contributed by atoms with Gasteiger partial charge in [0.2, 0.25) is 0 Å². The van der Waals surface area contributed by atoms with Crippen LogP contribution in [0, 0.1) is 0 Å². The van der Waals surface area contributed by atoms with Crippen LogP contribution in [0.4, 0.5) is 0 Å². The Morgan fingerprint density at radius 2 is 1.85 bits per heavy atom. The molecule has 0 saturated heterocycles. The zero-order valence-corrected chi connectivity index (χ0v) is 11.3. The van der Waals surface area contributed by atoms with E-state index in [-0.39, 0.29) is 18.8 Å². The van der Waals surface area contributed by atoms with Crippen LogP contribution in [0.1, 0.15) is 19.3 Å². The third-order valence-electron chi connectivity index (χ3n) is 1.98. The van der Waals surface area contributed by atoms with E-state index in [1.165, 1.54) is 0 Å². The molecule has 20 heavy (non-hydrogen) atoms. The van der Waals surface area contributed by atoms with Crippen molar-refractivity contribution < 1.29 is 34.8 Å². The van der Waals surface area contributed by atoms with Crippen molar-refractivity contribution in [2.24, 2.45) is 0 Å². The number of hydrogen-bond acceptors (Lipinski definition) is 6. The highest BCUT2D eigenvalue weighted by atomic mass is 16.5. The van der Waals surface area contributed by atoms with Crippen LogP contribution in [0.15, 0.2) is 24.8 Å². The second kappa shape index (κ2) is 13.7. The van der Waals surface area contributed by atoms with Gasteiger partial charge in [-0.25, -0.2) is 9.59 Å². The number of carbonyl (C=O) groups is 2. The zero-order chi connectivity index (χ0) is 16.0. The zero-order valence-electron chi connectivity index (χ0n) is 11.3. The number of aliphatic hydroxyl groups excluding tert-OH is 3. The first-order valence-electron chi connectivity index (χ1n) is 5.99. The van der Waals surface area contributed by atoms with Gasteiger partial charge >= 0.3 is 11.9 Å². The Morgan fingerprint density at radius 1 is 1.25 bits per heavy atom. The first-order valence-corrected chi connectivity index (χ1v) is 5.99. The van der Waals surface area contributed by atoms with E-state index in [0.29, 0.717) is 19.3 Å². The summed E-state index contributed by atoms with van der Waals surface area (Å²) in [5.74, 6) is -1.55. The van der Waals surface area contributed by atoms with Crippen LogP contribution in [0.2, 0.25) is 0 Å². The van der Waals surface area contributed by atoms with E-state index in [0.717, 1.165) is 6.08 Å². The third kappa shape index (κ3) is 14.4. The van der Waals surface area contributed by atoms with Crippen LogP contribution in [0.5, 0.6) is 0 Å². The Labute approximate surface area is 117 Å². The Kier molecular flexibility index (Phi) is 14.1. The standard InChI is InChI=1S/C7H12O3.C6H10O4/c1-6(7(9)10)4-2-3-5-8;1-2-6(9)10-4-5(8)3-7/h8H,1-5H2,(H,9,10);2,5,7-8H,1,3-4H2. The van der Waals surface area contributed by atoms with Gasteiger partial charge in [0.1, 0.15) is 12.7 Å². The van der Waals surface area contributed by atoms with Crippen LogP contribution in [0.25, 0.3) is 0 Å². The molecule has 0 aromatic rings. The van der Waals surface area contributed by atoms with Crippen molar-refractivity contribution in [2.45, 2.75) is 25.4 Å². The third-order valence-corrected chi connectivity index (χ3v) is 1.98. The van der Waals surface area contributed by atoms with Gasteiger partial charge in [0.05, 0.1) is 6.61 Å². The summed E-state index contributed by atoms with van der Waals surface area (Å²) in [4.78, 5) is 20.4. The van der Waals surface area contributed by atoms with Crippen molar-refractivity contribution in [3.63, 3.8) is 0 Å². The molecule has 0 aliphatic rings. The Morgan fingerprint density at radius 3 is 2.25 bits per heavy atom. The molecule has 0 radical (unpaired) electrons. The number of carbonyl (C=O) groups excluding carboxylic acids is 1. The minimum absolute atomic E-state index is 0.118. The highest BCUT2D eigenvalue weighted by Crippen LogP contribution is 2.03. The maximum absolute atomic E-state index is 10.3. The summed E-state index contributed by atoms with van der Waals surface area (Å²) < 4.78 is 4.38. The van der Waals surface area contributed by atoms with E-state index < -0.39 is 24.6 Å². The number of unbranched alkanes of at least 4 members (excludes halogenated alkanes) is 1. The van der Waals surface area contributed by atoms with Gasteiger partial charge in [-0.3, -0.25) is 0 Å². The fourth-order valence-corrected chi connectivity index (χ4v) is 0.847. The van der Waals surface area contributed by atoms with E-state index in [4.69, 9.17) is 20.4 Å². The Bertz CT molecular complexity index is 312. The molecule has 0 heterocycles. The Hall–Kier alpha value is -1.70. The number of ether oxygens (including phenoxy) is 1. The summed E-state index contributed by atoms with van der Waals surface area (Å²) in [6.07, 6.45) is 1.80. The first kappa shape index (κ1) is 20.6. The van der Waals surface area contributed by atoms with Gasteiger partial charge in [-0.1, -0.05) is 13.2 Å². The lowest BCUT2D eigenvalue weighted by molar-refractivity contribution is -0.141. The van der Waals surface area contributed by atoms with Crippen molar-refractivity contribution in [1.82, 2.24) is 0 Å². The van der Waals surface area contributed by atoms with Crippen LogP contribution >= 0.6 is 0 Å². The molecule has 0 aromatic heterocycles. The predicted molar refractivity (Wildman–Crippen MR) is 72.0 cm³/mol. The SMILES string of the molecule is C=C(CCCCO)C(=O)O.C=CC(=O)OCC(O)CO.